The Morgan fingerprint density at radius 3 is 1.64 bits per heavy atom. The molecular formula is C12H4F8O2. The first-order valence-corrected chi connectivity index (χ1v) is 5.40. The summed E-state index contributed by atoms with van der Waals surface area (Å²) >= 11 is 0. The van der Waals surface area contributed by atoms with E-state index >= 15 is 0 Å². The SMILES string of the molecule is OC1(O)C(F)=C(F)C(c2cc(F)c(F)c(F)c2F)C(F)=C1F. The molecule has 1 aromatic rings. The maximum absolute atomic E-state index is 13.6. The lowest BCUT2D eigenvalue weighted by atomic mass is 9.88. The summed E-state index contributed by atoms with van der Waals surface area (Å²) in [5.41, 5.74) is -1.60. The van der Waals surface area contributed by atoms with Crippen LogP contribution in [0.25, 0.3) is 0 Å². The van der Waals surface area contributed by atoms with Gasteiger partial charge >= 0.3 is 0 Å². The topological polar surface area (TPSA) is 40.5 Å². The van der Waals surface area contributed by atoms with Crippen LogP contribution in [0.4, 0.5) is 35.1 Å². The molecule has 0 bridgehead atoms. The third-order valence-electron chi connectivity index (χ3n) is 2.98. The van der Waals surface area contributed by atoms with Gasteiger partial charge in [0, 0.05) is 5.56 Å². The van der Waals surface area contributed by atoms with Crippen LogP contribution in [-0.2, 0) is 0 Å². The molecule has 0 amide bonds. The molecule has 0 aliphatic heterocycles. The van der Waals surface area contributed by atoms with E-state index in [9.17, 15) is 35.1 Å². The van der Waals surface area contributed by atoms with Gasteiger partial charge in [0.05, 0.1) is 5.92 Å². The minimum atomic E-state index is -4.28. The van der Waals surface area contributed by atoms with Crippen molar-refractivity contribution in [3.05, 3.63) is 58.2 Å². The summed E-state index contributed by atoms with van der Waals surface area (Å²) in [5.74, 6) is -26.5. The highest BCUT2D eigenvalue weighted by Crippen LogP contribution is 2.48. The highest BCUT2D eigenvalue weighted by Gasteiger charge is 2.50. The van der Waals surface area contributed by atoms with E-state index < -0.39 is 63.8 Å². The van der Waals surface area contributed by atoms with E-state index in [-0.39, 0.29) is 6.07 Å². The van der Waals surface area contributed by atoms with E-state index in [0.29, 0.717) is 0 Å². The predicted octanol–water partition coefficient (Wildman–Crippen LogP) is 3.32. The van der Waals surface area contributed by atoms with Gasteiger partial charge in [0.15, 0.2) is 46.6 Å². The zero-order valence-electron chi connectivity index (χ0n) is 10.1. The monoisotopic (exact) mass is 332 g/mol. The lowest BCUT2D eigenvalue weighted by Gasteiger charge is -2.27. The second-order valence-electron chi connectivity index (χ2n) is 4.32. The second kappa shape index (κ2) is 5.06. The molecule has 0 saturated carbocycles. The summed E-state index contributed by atoms with van der Waals surface area (Å²) in [5, 5.41) is 17.7. The number of allylic oxidation sites excluding steroid dienone is 2. The van der Waals surface area contributed by atoms with Crippen molar-refractivity contribution in [1.82, 2.24) is 0 Å². The van der Waals surface area contributed by atoms with Crippen LogP contribution in [-0.4, -0.2) is 16.0 Å². The van der Waals surface area contributed by atoms with Crippen molar-refractivity contribution in [2.45, 2.75) is 11.7 Å². The predicted molar refractivity (Wildman–Crippen MR) is 54.7 cm³/mol. The maximum atomic E-state index is 13.6. The van der Waals surface area contributed by atoms with Crippen molar-refractivity contribution in [2.24, 2.45) is 0 Å². The third-order valence-corrected chi connectivity index (χ3v) is 2.98. The van der Waals surface area contributed by atoms with Crippen molar-refractivity contribution in [3.63, 3.8) is 0 Å². The number of benzene rings is 1. The molecule has 2 N–H and O–H groups in total. The molecule has 0 radical (unpaired) electrons. The van der Waals surface area contributed by atoms with Gasteiger partial charge in [0.2, 0.25) is 0 Å². The van der Waals surface area contributed by atoms with Crippen molar-refractivity contribution in [3.8, 4) is 0 Å². The summed E-state index contributed by atoms with van der Waals surface area (Å²) in [6.07, 6.45) is 0. The van der Waals surface area contributed by atoms with Gasteiger partial charge in [0.1, 0.15) is 0 Å². The molecule has 1 aliphatic carbocycles. The fourth-order valence-corrected chi connectivity index (χ4v) is 1.87. The lowest BCUT2D eigenvalue weighted by molar-refractivity contribution is -0.131. The van der Waals surface area contributed by atoms with Gasteiger partial charge in [-0.2, -0.15) is 0 Å². The lowest BCUT2D eigenvalue weighted by Crippen LogP contribution is -2.35. The molecule has 120 valence electrons. The number of hydrogen-bond acceptors (Lipinski definition) is 2. The highest BCUT2D eigenvalue weighted by molar-refractivity contribution is 5.44. The van der Waals surface area contributed by atoms with Crippen molar-refractivity contribution in [1.29, 1.82) is 0 Å². The minimum absolute atomic E-state index is 0.208. The molecule has 0 aromatic heterocycles. The maximum Gasteiger partial charge on any atom is 0.277 e. The summed E-state index contributed by atoms with van der Waals surface area (Å²) in [6.45, 7) is 0. The fourth-order valence-electron chi connectivity index (χ4n) is 1.87. The van der Waals surface area contributed by atoms with Crippen molar-refractivity contribution in [2.75, 3.05) is 0 Å². The summed E-state index contributed by atoms with van der Waals surface area (Å²) in [4.78, 5) is 0. The molecule has 0 spiro atoms. The Hall–Kier alpha value is -1.94. The molecule has 1 aliphatic rings. The first-order chi connectivity index (χ1) is 10.0. The first kappa shape index (κ1) is 16.4. The van der Waals surface area contributed by atoms with E-state index in [0.717, 1.165) is 0 Å². The average molecular weight is 332 g/mol. The van der Waals surface area contributed by atoms with Crippen LogP contribution in [0.1, 0.15) is 11.5 Å². The zero-order chi connectivity index (χ0) is 17.0. The van der Waals surface area contributed by atoms with Gasteiger partial charge < -0.3 is 10.2 Å². The number of rotatable bonds is 1. The van der Waals surface area contributed by atoms with Gasteiger partial charge in [-0.3, -0.25) is 0 Å². The molecular weight excluding hydrogens is 328 g/mol. The average Bonchev–Trinajstić information content (AvgIpc) is 2.47. The van der Waals surface area contributed by atoms with Crippen LogP contribution in [0.3, 0.4) is 0 Å². The fraction of sp³-hybridized carbons (Fsp3) is 0.167. The molecule has 10 heteroatoms. The Balaban J connectivity index is 2.76. The molecule has 0 unspecified atom stereocenters. The molecule has 0 atom stereocenters. The van der Waals surface area contributed by atoms with E-state index in [1.807, 2.05) is 0 Å². The summed E-state index contributed by atoms with van der Waals surface area (Å²) < 4.78 is 106. The highest BCUT2D eigenvalue weighted by atomic mass is 19.2. The second-order valence-corrected chi connectivity index (χ2v) is 4.32. The van der Waals surface area contributed by atoms with Crippen LogP contribution in [0, 0.1) is 23.3 Å². The Kier molecular flexibility index (Phi) is 3.78. The first-order valence-electron chi connectivity index (χ1n) is 5.40. The van der Waals surface area contributed by atoms with Gasteiger partial charge in [-0.25, -0.2) is 35.1 Å². The number of hydrogen-bond donors (Lipinski definition) is 2. The van der Waals surface area contributed by atoms with E-state index in [2.05, 4.69) is 0 Å². The van der Waals surface area contributed by atoms with Gasteiger partial charge in [-0.15, -0.1) is 0 Å². The molecule has 2 rings (SSSR count). The van der Waals surface area contributed by atoms with E-state index in [1.54, 1.807) is 0 Å². The van der Waals surface area contributed by atoms with Crippen LogP contribution >= 0.6 is 0 Å². The molecule has 0 saturated heterocycles. The van der Waals surface area contributed by atoms with E-state index in [1.165, 1.54) is 0 Å². The molecule has 1 aromatic carbocycles. The largest absolute Gasteiger partial charge is 0.355 e. The van der Waals surface area contributed by atoms with Gasteiger partial charge in [0.25, 0.3) is 5.79 Å². The summed E-state index contributed by atoms with van der Waals surface area (Å²) in [7, 11) is 0. The van der Waals surface area contributed by atoms with Crippen LogP contribution < -0.4 is 0 Å². The van der Waals surface area contributed by atoms with Crippen molar-refractivity contribution < 1.29 is 45.3 Å². The Bertz CT molecular complexity index is 694. The van der Waals surface area contributed by atoms with Crippen LogP contribution in [0.5, 0.6) is 0 Å². The molecule has 0 fully saturated rings. The Labute approximate surface area is 116 Å². The normalized spacial score (nSPS) is 19.2. The quantitative estimate of drug-likeness (QED) is 0.358. The zero-order valence-corrected chi connectivity index (χ0v) is 10.1. The van der Waals surface area contributed by atoms with Gasteiger partial charge in [-0.05, 0) is 6.07 Å². The Morgan fingerprint density at radius 2 is 1.18 bits per heavy atom. The summed E-state index contributed by atoms with van der Waals surface area (Å²) in [6, 6.07) is -0.208. The minimum Gasteiger partial charge on any atom is -0.355 e. The van der Waals surface area contributed by atoms with Crippen LogP contribution in [0.15, 0.2) is 29.4 Å². The van der Waals surface area contributed by atoms with Gasteiger partial charge in [-0.1, -0.05) is 0 Å². The molecule has 2 nitrogen and oxygen atoms in total. The van der Waals surface area contributed by atoms with E-state index in [4.69, 9.17) is 10.2 Å². The third kappa shape index (κ3) is 2.10. The molecule has 0 heterocycles. The number of halogens is 8. The smallest absolute Gasteiger partial charge is 0.277 e. The number of aliphatic hydroxyl groups is 2. The van der Waals surface area contributed by atoms with Crippen molar-refractivity contribution >= 4 is 0 Å². The Morgan fingerprint density at radius 1 is 0.727 bits per heavy atom. The standard InChI is InChI=1S/C12H4F8O2/c13-3-1-2(5(14)9(18)6(3)15)4-7(16)10(19)12(21,22)11(20)8(4)17/h1,4,21-22H. The molecule has 22 heavy (non-hydrogen) atoms. The van der Waals surface area contributed by atoms with Crippen LogP contribution in [0.2, 0.25) is 0 Å².